The van der Waals surface area contributed by atoms with Gasteiger partial charge in [0.1, 0.15) is 18.2 Å². The van der Waals surface area contributed by atoms with Crippen LogP contribution in [0.3, 0.4) is 0 Å². The van der Waals surface area contributed by atoms with Gasteiger partial charge in [0, 0.05) is 12.5 Å². The second-order valence-corrected chi connectivity index (χ2v) is 10.1. The molecule has 7 nitrogen and oxygen atoms in total. The van der Waals surface area contributed by atoms with Crippen LogP contribution in [-0.2, 0) is 14.3 Å². The van der Waals surface area contributed by atoms with Crippen LogP contribution >= 0.6 is 0 Å². The first-order chi connectivity index (χ1) is 16.9. The summed E-state index contributed by atoms with van der Waals surface area (Å²) in [6.45, 7) is 4.41. The van der Waals surface area contributed by atoms with Gasteiger partial charge in [-0.05, 0) is 53.4 Å². The Balaban J connectivity index is 1.30. The van der Waals surface area contributed by atoms with Crippen LogP contribution in [0.15, 0.2) is 48.5 Å². The van der Waals surface area contributed by atoms with Crippen molar-refractivity contribution < 1.29 is 24.2 Å². The lowest BCUT2D eigenvalue weighted by molar-refractivity contribution is -0.156. The summed E-state index contributed by atoms with van der Waals surface area (Å²) in [5.74, 6) is -1.50. The summed E-state index contributed by atoms with van der Waals surface area (Å²) in [4.78, 5) is 40.1. The number of rotatable bonds is 7. The summed E-state index contributed by atoms with van der Waals surface area (Å²) in [6.07, 6.45) is 2.11. The number of carboxylic acids is 1. The third-order valence-electron chi connectivity index (χ3n) is 8.22. The molecule has 2 unspecified atom stereocenters. The molecule has 2 fully saturated rings. The van der Waals surface area contributed by atoms with Crippen molar-refractivity contribution in [2.24, 2.45) is 11.8 Å². The number of ether oxygens (including phenoxy) is 1. The lowest BCUT2D eigenvalue weighted by Crippen LogP contribution is -2.59. The first-order valence-electron chi connectivity index (χ1n) is 12.5. The Kier molecular flexibility index (Phi) is 6.03. The molecule has 3 aliphatic rings. The summed E-state index contributed by atoms with van der Waals surface area (Å²) in [5, 5.41) is 12.7. The molecular weight excluding hydrogens is 444 g/mol. The van der Waals surface area contributed by atoms with Crippen LogP contribution in [0.1, 0.15) is 56.6 Å². The predicted octanol–water partition coefficient (Wildman–Crippen LogP) is 4.41. The molecule has 0 bridgehead atoms. The molecule has 184 valence electrons. The van der Waals surface area contributed by atoms with E-state index in [9.17, 15) is 19.5 Å². The number of nitrogens with one attached hydrogen (secondary N) is 1. The van der Waals surface area contributed by atoms with Crippen LogP contribution in [0, 0.1) is 11.8 Å². The van der Waals surface area contributed by atoms with Gasteiger partial charge in [0.15, 0.2) is 0 Å². The molecule has 1 saturated carbocycles. The Hall–Kier alpha value is -3.35. The highest BCUT2D eigenvalue weighted by Gasteiger charge is 2.67. The Morgan fingerprint density at radius 3 is 2.34 bits per heavy atom. The quantitative estimate of drug-likeness (QED) is 0.617. The van der Waals surface area contributed by atoms with E-state index in [1.807, 2.05) is 38.1 Å². The molecule has 2 aromatic rings. The van der Waals surface area contributed by atoms with Gasteiger partial charge in [-0.1, -0.05) is 68.8 Å². The first kappa shape index (κ1) is 23.4. The number of benzene rings is 2. The molecule has 5 rings (SSSR count). The molecule has 35 heavy (non-hydrogen) atoms. The maximum Gasteiger partial charge on any atom is 0.407 e. The second kappa shape index (κ2) is 9.02. The van der Waals surface area contributed by atoms with E-state index in [1.54, 1.807) is 0 Å². The lowest BCUT2D eigenvalue weighted by Gasteiger charge is -2.37. The van der Waals surface area contributed by atoms with Crippen molar-refractivity contribution in [3.8, 4) is 11.1 Å². The van der Waals surface area contributed by atoms with Gasteiger partial charge < -0.3 is 20.1 Å². The highest BCUT2D eigenvalue weighted by Crippen LogP contribution is 2.54. The molecule has 0 aromatic heterocycles. The van der Waals surface area contributed by atoms with Crippen molar-refractivity contribution in [2.75, 3.05) is 13.2 Å². The van der Waals surface area contributed by atoms with Crippen molar-refractivity contribution in [3.63, 3.8) is 0 Å². The topological polar surface area (TPSA) is 95.9 Å². The van der Waals surface area contributed by atoms with Gasteiger partial charge in [-0.2, -0.15) is 0 Å². The summed E-state index contributed by atoms with van der Waals surface area (Å²) in [5.41, 5.74) is 3.42. The fourth-order valence-electron chi connectivity index (χ4n) is 5.99. The Labute approximate surface area is 205 Å². The second-order valence-electron chi connectivity index (χ2n) is 10.1. The smallest absolute Gasteiger partial charge is 0.407 e. The van der Waals surface area contributed by atoms with Gasteiger partial charge in [0.05, 0.1) is 0 Å². The summed E-state index contributed by atoms with van der Waals surface area (Å²) in [6, 6.07) is 15.4. The highest BCUT2D eigenvalue weighted by atomic mass is 16.5. The van der Waals surface area contributed by atoms with Crippen LogP contribution in [0.25, 0.3) is 11.1 Å². The maximum absolute atomic E-state index is 13.6. The molecule has 1 heterocycles. The molecule has 4 atom stereocenters. The van der Waals surface area contributed by atoms with Gasteiger partial charge >= 0.3 is 12.1 Å². The van der Waals surface area contributed by atoms with E-state index in [0.29, 0.717) is 19.4 Å². The van der Waals surface area contributed by atoms with E-state index < -0.39 is 23.6 Å². The van der Waals surface area contributed by atoms with E-state index in [4.69, 9.17) is 4.74 Å². The highest BCUT2D eigenvalue weighted by molar-refractivity contribution is 5.94. The molecule has 2 aliphatic carbocycles. The van der Waals surface area contributed by atoms with E-state index in [-0.39, 0.29) is 30.3 Å². The van der Waals surface area contributed by atoms with Crippen molar-refractivity contribution in [1.29, 1.82) is 0 Å². The Morgan fingerprint density at radius 2 is 1.74 bits per heavy atom. The van der Waals surface area contributed by atoms with Gasteiger partial charge in [-0.15, -0.1) is 0 Å². The van der Waals surface area contributed by atoms with Gasteiger partial charge in [0.25, 0.3) is 0 Å². The number of amides is 2. The van der Waals surface area contributed by atoms with E-state index in [2.05, 4.69) is 29.6 Å². The molecule has 1 aliphatic heterocycles. The van der Waals surface area contributed by atoms with Gasteiger partial charge in [-0.25, -0.2) is 9.59 Å². The van der Waals surface area contributed by atoms with E-state index in [1.165, 1.54) is 4.90 Å². The van der Waals surface area contributed by atoms with Crippen molar-refractivity contribution in [3.05, 3.63) is 59.7 Å². The number of carboxylic acid groups (broad SMARTS) is 1. The number of likely N-dealkylation sites (tertiary alicyclic amines) is 1. The van der Waals surface area contributed by atoms with Crippen molar-refractivity contribution >= 4 is 18.0 Å². The first-order valence-corrected chi connectivity index (χ1v) is 12.5. The minimum atomic E-state index is -1.11. The predicted molar refractivity (Wildman–Crippen MR) is 131 cm³/mol. The normalized spacial score (nSPS) is 23.9. The SMILES string of the molecule is CCC(C)C(NC(=O)OCC1c2ccccc2-c2ccccc21)C(=O)N1CCC[C@H]2C[C@]21C(=O)O. The standard InChI is InChI=1S/C28H32N2O5/c1-3-17(2)24(25(31)30-14-8-9-18-15-28(18,30)26(32)33)29-27(34)35-16-23-21-12-6-4-10-19(21)20-11-5-7-13-22(20)23/h4-7,10-13,17-18,23-24H,3,8-9,14-16H2,1-2H3,(H,29,34)(H,32,33)/t17?,18-,24?,28+/m0/s1. The third-order valence-corrected chi connectivity index (χ3v) is 8.22. The monoisotopic (exact) mass is 476 g/mol. The van der Waals surface area contributed by atoms with Crippen LogP contribution in [-0.4, -0.2) is 52.7 Å². The Bertz CT molecular complexity index is 1120. The fraction of sp³-hybridized carbons (Fsp3) is 0.464. The minimum absolute atomic E-state index is 0.00439. The van der Waals surface area contributed by atoms with Gasteiger partial charge in [-0.3, -0.25) is 4.79 Å². The van der Waals surface area contributed by atoms with Crippen molar-refractivity contribution in [2.45, 2.75) is 57.0 Å². The molecule has 0 spiro atoms. The number of piperidine rings is 1. The molecule has 1 saturated heterocycles. The minimum Gasteiger partial charge on any atom is -0.479 e. The zero-order valence-corrected chi connectivity index (χ0v) is 20.2. The third kappa shape index (κ3) is 3.87. The van der Waals surface area contributed by atoms with Crippen LogP contribution in [0.4, 0.5) is 4.79 Å². The molecule has 7 heteroatoms. The number of hydrogen-bond acceptors (Lipinski definition) is 4. The summed E-state index contributed by atoms with van der Waals surface area (Å²) >= 11 is 0. The summed E-state index contributed by atoms with van der Waals surface area (Å²) < 4.78 is 5.68. The number of alkyl carbamates (subject to hydrolysis) is 1. The zero-order valence-electron chi connectivity index (χ0n) is 20.2. The molecular formula is C28H32N2O5. The zero-order chi connectivity index (χ0) is 24.7. The van der Waals surface area contributed by atoms with Crippen LogP contribution < -0.4 is 5.32 Å². The number of hydrogen-bond donors (Lipinski definition) is 2. The number of carbonyl (C=O) groups excluding carboxylic acids is 2. The van der Waals surface area contributed by atoms with E-state index in [0.717, 1.165) is 35.1 Å². The molecule has 0 radical (unpaired) electrons. The lowest BCUT2D eigenvalue weighted by atomic mass is 9.94. The van der Waals surface area contributed by atoms with Crippen molar-refractivity contribution in [1.82, 2.24) is 10.2 Å². The van der Waals surface area contributed by atoms with Crippen LogP contribution in [0.2, 0.25) is 0 Å². The number of nitrogens with zero attached hydrogens (tertiary/aromatic N) is 1. The molecule has 2 aromatic carbocycles. The van der Waals surface area contributed by atoms with Crippen LogP contribution in [0.5, 0.6) is 0 Å². The fourth-order valence-corrected chi connectivity index (χ4v) is 5.99. The van der Waals surface area contributed by atoms with Gasteiger partial charge in [0.2, 0.25) is 5.91 Å². The number of carbonyl (C=O) groups is 3. The average molecular weight is 477 g/mol. The number of fused-ring (bicyclic) bond motifs is 4. The Morgan fingerprint density at radius 1 is 1.11 bits per heavy atom. The number of aliphatic carboxylic acids is 1. The van der Waals surface area contributed by atoms with E-state index >= 15 is 0 Å². The summed E-state index contributed by atoms with van der Waals surface area (Å²) in [7, 11) is 0. The molecule has 2 N–H and O–H groups in total. The average Bonchev–Trinajstić information content (AvgIpc) is 3.56. The largest absolute Gasteiger partial charge is 0.479 e. The maximum atomic E-state index is 13.6. The molecule has 2 amide bonds.